The maximum Gasteiger partial charge on any atom is 0.341 e. The summed E-state index contributed by atoms with van der Waals surface area (Å²) >= 11 is 1.33. The minimum atomic E-state index is -0.448. The Labute approximate surface area is 222 Å². The van der Waals surface area contributed by atoms with Crippen LogP contribution in [0.2, 0.25) is 0 Å². The molecular formula is C30H34N2O4S. The molecule has 194 valence electrons. The van der Waals surface area contributed by atoms with E-state index in [1.165, 1.54) is 16.9 Å². The lowest BCUT2D eigenvalue weighted by Crippen LogP contribution is -2.19. The molecule has 4 aromatic rings. The molecule has 2 aromatic carbocycles. The molecule has 0 atom stereocenters. The third-order valence-electron chi connectivity index (χ3n) is 6.52. The van der Waals surface area contributed by atoms with Gasteiger partial charge in [0.2, 0.25) is 0 Å². The van der Waals surface area contributed by atoms with Crippen LogP contribution >= 0.6 is 11.3 Å². The molecular weight excluding hydrogens is 484 g/mol. The van der Waals surface area contributed by atoms with E-state index in [0.717, 1.165) is 33.3 Å². The van der Waals surface area contributed by atoms with Crippen molar-refractivity contribution in [2.24, 2.45) is 0 Å². The van der Waals surface area contributed by atoms with E-state index in [2.05, 4.69) is 31.3 Å². The molecule has 0 saturated heterocycles. The zero-order valence-corrected chi connectivity index (χ0v) is 23.1. The number of carbonyl (C=O) groups excluding carboxylic acids is 2. The molecule has 0 saturated carbocycles. The van der Waals surface area contributed by atoms with Crippen LogP contribution in [0.25, 0.3) is 22.0 Å². The summed E-state index contributed by atoms with van der Waals surface area (Å²) in [5.41, 5.74) is 5.67. The van der Waals surface area contributed by atoms with E-state index < -0.39 is 5.97 Å². The number of nitrogens with zero attached hydrogens (tertiary/aromatic N) is 1. The number of amides is 1. The second-order valence-electron chi connectivity index (χ2n) is 9.13. The fraction of sp³-hybridized carbons (Fsp3) is 0.333. The fourth-order valence-electron chi connectivity index (χ4n) is 4.66. The third kappa shape index (κ3) is 5.14. The van der Waals surface area contributed by atoms with Crippen molar-refractivity contribution in [1.29, 1.82) is 0 Å². The van der Waals surface area contributed by atoms with Crippen LogP contribution in [0, 0.1) is 6.92 Å². The molecule has 0 radical (unpaired) electrons. The lowest BCUT2D eigenvalue weighted by Gasteiger charge is -2.12. The summed E-state index contributed by atoms with van der Waals surface area (Å²) in [6.45, 7) is 13.4. The average Bonchev–Trinajstić information content (AvgIpc) is 3.42. The molecule has 6 nitrogen and oxygen atoms in total. The van der Waals surface area contributed by atoms with E-state index >= 15 is 0 Å². The number of aryl methyl sites for hydroxylation is 2. The van der Waals surface area contributed by atoms with Gasteiger partial charge in [0, 0.05) is 28.4 Å². The van der Waals surface area contributed by atoms with E-state index in [-0.39, 0.29) is 12.5 Å². The molecule has 0 unspecified atom stereocenters. The molecule has 7 heteroatoms. The molecule has 4 rings (SSSR count). The topological polar surface area (TPSA) is 69.6 Å². The molecule has 0 aliphatic carbocycles. The number of rotatable bonds is 9. The summed E-state index contributed by atoms with van der Waals surface area (Å²) in [7, 11) is 0. The first-order chi connectivity index (χ1) is 17.8. The van der Waals surface area contributed by atoms with Gasteiger partial charge >= 0.3 is 5.97 Å². The standard InChI is InChI=1S/C30H34N2O4S/c1-7-32-25-15-14-22(35-8-2)16-23(25)19(6)27(32)28(33)31-29-26(30(34)36-9-3)24(17-37-29)21-12-10-20(11-13-21)18(4)5/h10-18H,7-9H2,1-6H3,(H,31,33). The SMILES string of the molecule is CCOC(=O)c1c(-c2ccc(C(C)C)cc2)csc1NC(=O)c1c(C)c2cc(OCC)ccc2n1CC. The quantitative estimate of drug-likeness (QED) is 0.231. The number of carbonyl (C=O) groups is 2. The Balaban J connectivity index is 1.75. The van der Waals surface area contributed by atoms with Crippen LogP contribution in [0.4, 0.5) is 5.00 Å². The number of benzene rings is 2. The van der Waals surface area contributed by atoms with Crippen LogP contribution in [-0.2, 0) is 11.3 Å². The van der Waals surface area contributed by atoms with Gasteiger partial charge in [-0.05, 0) is 68.5 Å². The van der Waals surface area contributed by atoms with Gasteiger partial charge in [0.15, 0.2) is 0 Å². The molecule has 2 aromatic heterocycles. The zero-order valence-electron chi connectivity index (χ0n) is 22.3. The lowest BCUT2D eigenvalue weighted by molar-refractivity contribution is 0.0529. The Kier molecular flexibility index (Phi) is 8.03. The Hall–Kier alpha value is -3.58. The predicted octanol–water partition coefficient (Wildman–Crippen LogP) is 7.65. The van der Waals surface area contributed by atoms with Crippen molar-refractivity contribution in [2.75, 3.05) is 18.5 Å². The maximum atomic E-state index is 13.7. The second kappa shape index (κ2) is 11.2. The predicted molar refractivity (Wildman–Crippen MR) is 151 cm³/mol. The fourth-order valence-corrected chi connectivity index (χ4v) is 5.61. The molecule has 0 fully saturated rings. The number of hydrogen-bond acceptors (Lipinski definition) is 5. The second-order valence-corrected chi connectivity index (χ2v) is 10.0. The number of anilines is 1. The average molecular weight is 519 g/mol. The van der Waals surface area contributed by atoms with Gasteiger partial charge in [0.1, 0.15) is 22.0 Å². The van der Waals surface area contributed by atoms with E-state index in [0.29, 0.717) is 35.3 Å². The van der Waals surface area contributed by atoms with Crippen LogP contribution in [0.3, 0.4) is 0 Å². The van der Waals surface area contributed by atoms with Crippen molar-refractivity contribution in [3.63, 3.8) is 0 Å². The summed E-state index contributed by atoms with van der Waals surface area (Å²) in [5.74, 6) is 0.474. The highest BCUT2D eigenvalue weighted by Gasteiger charge is 2.26. The third-order valence-corrected chi connectivity index (χ3v) is 7.41. The molecule has 0 aliphatic rings. The number of esters is 1. The highest BCUT2D eigenvalue weighted by atomic mass is 32.1. The molecule has 2 heterocycles. The molecule has 0 aliphatic heterocycles. The Morgan fingerprint density at radius 2 is 1.76 bits per heavy atom. The minimum Gasteiger partial charge on any atom is -0.494 e. The lowest BCUT2D eigenvalue weighted by atomic mass is 9.98. The van der Waals surface area contributed by atoms with E-state index in [4.69, 9.17) is 9.47 Å². The van der Waals surface area contributed by atoms with Crippen molar-refractivity contribution in [2.45, 2.75) is 54.0 Å². The summed E-state index contributed by atoms with van der Waals surface area (Å²) in [4.78, 5) is 26.7. The molecule has 37 heavy (non-hydrogen) atoms. The summed E-state index contributed by atoms with van der Waals surface area (Å²) in [5, 5.41) is 6.39. The van der Waals surface area contributed by atoms with Gasteiger partial charge in [-0.2, -0.15) is 0 Å². The maximum absolute atomic E-state index is 13.7. The van der Waals surface area contributed by atoms with Crippen molar-refractivity contribution in [1.82, 2.24) is 4.57 Å². The van der Waals surface area contributed by atoms with Gasteiger partial charge in [-0.3, -0.25) is 4.79 Å². The van der Waals surface area contributed by atoms with Crippen LogP contribution in [-0.4, -0.2) is 29.7 Å². The Bertz CT molecular complexity index is 1430. The molecule has 1 N–H and O–H groups in total. The van der Waals surface area contributed by atoms with Crippen molar-refractivity contribution in [3.05, 3.63) is 70.2 Å². The van der Waals surface area contributed by atoms with Gasteiger partial charge in [-0.1, -0.05) is 38.1 Å². The highest BCUT2D eigenvalue weighted by Crippen LogP contribution is 2.38. The summed E-state index contributed by atoms with van der Waals surface area (Å²) in [6.07, 6.45) is 0. The molecule has 1 amide bonds. The monoisotopic (exact) mass is 518 g/mol. The molecule has 0 spiro atoms. The summed E-state index contributed by atoms with van der Waals surface area (Å²) in [6, 6.07) is 14.1. The largest absolute Gasteiger partial charge is 0.494 e. The van der Waals surface area contributed by atoms with Crippen molar-refractivity contribution in [3.8, 4) is 16.9 Å². The number of thiophene rings is 1. The Morgan fingerprint density at radius 1 is 1.03 bits per heavy atom. The number of ether oxygens (including phenoxy) is 2. The molecule has 0 bridgehead atoms. The highest BCUT2D eigenvalue weighted by molar-refractivity contribution is 7.15. The zero-order chi connectivity index (χ0) is 26.7. The van der Waals surface area contributed by atoms with Gasteiger partial charge in [-0.25, -0.2) is 4.79 Å². The van der Waals surface area contributed by atoms with Gasteiger partial charge in [-0.15, -0.1) is 11.3 Å². The smallest absolute Gasteiger partial charge is 0.341 e. The van der Waals surface area contributed by atoms with Gasteiger partial charge in [0.25, 0.3) is 5.91 Å². The number of aromatic nitrogens is 1. The Morgan fingerprint density at radius 3 is 2.38 bits per heavy atom. The normalized spacial score (nSPS) is 11.2. The van der Waals surface area contributed by atoms with Crippen LogP contribution in [0.15, 0.2) is 47.8 Å². The first kappa shape index (κ1) is 26.5. The van der Waals surface area contributed by atoms with Crippen molar-refractivity contribution < 1.29 is 19.1 Å². The van der Waals surface area contributed by atoms with Gasteiger partial charge < -0.3 is 19.4 Å². The number of fused-ring (bicyclic) bond motifs is 1. The first-order valence-electron chi connectivity index (χ1n) is 12.8. The van der Waals surface area contributed by atoms with Crippen molar-refractivity contribution >= 4 is 39.1 Å². The van der Waals surface area contributed by atoms with Crippen LogP contribution < -0.4 is 10.1 Å². The minimum absolute atomic E-state index is 0.249. The first-order valence-corrected chi connectivity index (χ1v) is 13.6. The van der Waals surface area contributed by atoms with Gasteiger partial charge in [0.05, 0.1) is 13.2 Å². The van der Waals surface area contributed by atoms with E-state index in [1.807, 2.05) is 61.1 Å². The van der Waals surface area contributed by atoms with E-state index in [1.54, 1.807) is 6.92 Å². The van der Waals surface area contributed by atoms with E-state index in [9.17, 15) is 9.59 Å². The number of hydrogen-bond donors (Lipinski definition) is 1. The number of nitrogens with one attached hydrogen (secondary N) is 1. The van der Waals surface area contributed by atoms with Crippen LogP contribution in [0.5, 0.6) is 5.75 Å². The van der Waals surface area contributed by atoms with Crippen LogP contribution in [0.1, 0.15) is 72.5 Å². The summed E-state index contributed by atoms with van der Waals surface area (Å²) < 4.78 is 13.1.